The SMILES string of the molecule is CCn1c2ccccc2c2cc(C=NNc3ccc(S(=O)(=O)Nc4cccc(Cl)c4)cc3[N+](=O)[O-])ccc21. The number of nitro groups is 1. The van der Waals surface area contributed by atoms with E-state index in [4.69, 9.17) is 11.6 Å². The lowest BCUT2D eigenvalue weighted by atomic mass is 10.1. The summed E-state index contributed by atoms with van der Waals surface area (Å²) in [6.45, 7) is 2.94. The van der Waals surface area contributed by atoms with Gasteiger partial charge in [-0.15, -0.1) is 0 Å². The van der Waals surface area contributed by atoms with Gasteiger partial charge in [-0.05, 0) is 61.0 Å². The Kier molecular flexibility index (Phi) is 6.75. The summed E-state index contributed by atoms with van der Waals surface area (Å²) in [6.07, 6.45) is 1.56. The van der Waals surface area contributed by atoms with E-state index in [0.717, 1.165) is 40.0 Å². The van der Waals surface area contributed by atoms with Crippen molar-refractivity contribution >= 4 is 66.7 Å². The van der Waals surface area contributed by atoms with Crippen molar-refractivity contribution in [2.45, 2.75) is 18.4 Å². The Morgan fingerprint density at radius 1 is 0.974 bits per heavy atom. The Morgan fingerprint density at radius 3 is 2.53 bits per heavy atom. The number of aromatic nitrogens is 1. The number of benzene rings is 4. The van der Waals surface area contributed by atoms with E-state index in [1.807, 2.05) is 30.3 Å². The molecule has 0 amide bonds. The fourth-order valence-corrected chi connectivity index (χ4v) is 5.62. The molecule has 11 heteroatoms. The van der Waals surface area contributed by atoms with E-state index in [9.17, 15) is 18.5 Å². The van der Waals surface area contributed by atoms with E-state index >= 15 is 0 Å². The third-order valence-electron chi connectivity index (χ3n) is 6.06. The average molecular weight is 548 g/mol. The number of rotatable bonds is 8. The number of nitro benzene ring substituents is 1. The summed E-state index contributed by atoms with van der Waals surface area (Å²) in [5.74, 6) is 0. The number of aryl methyl sites for hydroxylation is 1. The van der Waals surface area contributed by atoms with Gasteiger partial charge in [0.05, 0.1) is 21.7 Å². The molecule has 0 spiro atoms. The van der Waals surface area contributed by atoms with Gasteiger partial charge in [-0.2, -0.15) is 5.10 Å². The molecule has 9 nitrogen and oxygen atoms in total. The maximum atomic E-state index is 12.8. The highest BCUT2D eigenvalue weighted by molar-refractivity contribution is 7.92. The summed E-state index contributed by atoms with van der Waals surface area (Å²) < 4.78 is 30.2. The first kappa shape index (κ1) is 25.2. The van der Waals surface area contributed by atoms with Crippen LogP contribution in [0.25, 0.3) is 21.8 Å². The molecule has 0 bridgehead atoms. The van der Waals surface area contributed by atoms with E-state index in [0.29, 0.717) is 5.02 Å². The first-order valence-corrected chi connectivity index (χ1v) is 13.5. The number of fused-ring (bicyclic) bond motifs is 3. The standard InChI is InChI=1S/C27H22ClN5O4S/c1-2-32-25-9-4-3-8-22(25)23-14-18(10-13-26(23)32)17-29-30-24-12-11-21(16-27(24)33(34)35)38(36,37)31-20-7-5-6-19(28)15-20/h3-17,30-31H,2H2,1H3. The third-order valence-corrected chi connectivity index (χ3v) is 7.68. The number of halogens is 1. The Morgan fingerprint density at radius 2 is 1.76 bits per heavy atom. The number of hydrogen-bond donors (Lipinski definition) is 2. The minimum atomic E-state index is -4.09. The van der Waals surface area contributed by atoms with Gasteiger partial charge in [0.15, 0.2) is 0 Å². The van der Waals surface area contributed by atoms with Crippen LogP contribution in [0, 0.1) is 10.1 Å². The van der Waals surface area contributed by atoms with Gasteiger partial charge in [0.25, 0.3) is 15.7 Å². The smallest absolute Gasteiger partial charge is 0.295 e. The van der Waals surface area contributed by atoms with Crippen LogP contribution < -0.4 is 10.1 Å². The fraction of sp³-hybridized carbons (Fsp3) is 0.0741. The zero-order chi connectivity index (χ0) is 26.9. The second-order valence-electron chi connectivity index (χ2n) is 8.46. The van der Waals surface area contributed by atoms with Crippen molar-refractivity contribution in [1.29, 1.82) is 0 Å². The molecule has 0 aliphatic carbocycles. The van der Waals surface area contributed by atoms with E-state index in [-0.39, 0.29) is 16.3 Å². The second kappa shape index (κ2) is 10.2. The van der Waals surface area contributed by atoms with Crippen LogP contribution in [0.5, 0.6) is 0 Å². The molecule has 38 heavy (non-hydrogen) atoms. The molecule has 5 rings (SSSR count). The molecule has 0 saturated heterocycles. The Labute approximate surface area is 223 Å². The molecule has 1 heterocycles. The number of para-hydroxylation sites is 1. The zero-order valence-corrected chi connectivity index (χ0v) is 21.7. The van der Waals surface area contributed by atoms with Gasteiger partial charge >= 0.3 is 0 Å². The quantitative estimate of drug-likeness (QED) is 0.128. The van der Waals surface area contributed by atoms with Gasteiger partial charge in [0, 0.05) is 39.4 Å². The summed E-state index contributed by atoms with van der Waals surface area (Å²) in [7, 11) is -4.09. The van der Waals surface area contributed by atoms with Gasteiger partial charge in [-0.1, -0.05) is 41.9 Å². The monoisotopic (exact) mass is 547 g/mol. The Bertz CT molecular complexity index is 1830. The number of nitrogens with zero attached hydrogens (tertiary/aromatic N) is 3. The molecular formula is C27H22ClN5O4S. The summed E-state index contributed by atoms with van der Waals surface area (Å²) in [6, 6.07) is 23.8. The largest absolute Gasteiger partial charge is 0.341 e. The molecule has 2 N–H and O–H groups in total. The van der Waals surface area contributed by atoms with Crippen LogP contribution in [0.4, 0.5) is 17.1 Å². The van der Waals surface area contributed by atoms with Crippen molar-refractivity contribution in [2.24, 2.45) is 5.10 Å². The highest BCUT2D eigenvalue weighted by atomic mass is 35.5. The highest BCUT2D eigenvalue weighted by Crippen LogP contribution is 2.31. The number of sulfonamides is 1. The highest BCUT2D eigenvalue weighted by Gasteiger charge is 2.22. The van der Waals surface area contributed by atoms with E-state index in [1.54, 1.807) is 18.3 Å². The van der Waals surface area contributed by atoms with Crippen LogP contribution in [0.3, 0.4) is 0 Å². The van der Waals surface area contributed by atoms with Crippen molar-refractivity contribution in [1.82, 2.24) is 4.57 Å². The van der Waals surface area contributed by atoms with Crippen molar-refractivity contribution in [3.8, 4) is 0 Å². The molecule has 0 atom stereocenters. The Balaban J connectivity index is 1.40. The maximum Gasteiger partial charge on any atom is 0.295 e. The molecular weight excluding hydrogens is 526 g/mol. The number of hydrazone groups is 1. The average Bonchev–Trinajstić information content (AvgIpc) is 3.21. The molecule has 4 aromatic carbocycles. The number of nitrogens with one attached hydrogen (secondary N) is 2. The van der Waals surface area contributed by atoms with E-state index in [1.165, 1.54) is 24.3 Å². The van der Waals surface area contributed by atoms with Crippen LogP contribution in [0.15, 0.2) is 94.9 Å². The fourth-order valence-electron chi connectivity index (χ4n) is 4.36. The molecule has 0 saturated carbocycles. The molecule has 1 aromatic heterocycles. The minimum absolute atomic E-state index is 0.0524. The van der Waals surface area contributed by atoms with E-state index in [2.05, 4.69) is 38.9 Å². The van der Waals surface area contributed by atoms with Crippen molar-refractivity contribution < 1.29 is 13.3 Å². The van der Waals surface area contributed by atoms with Crippen molar-refractivity contribution in [2.75, 3.05) is 10.1 Å². The van der Waals surface area contributed by atoms with Gasteiger partial charge in [-0.25, -0.2) is 8.42 Å². The first-order chi connectivity index (χ1) is 18.3. The van der Waals surface area contributed by atoms with Crippen LogP contribution in [0.2, 0.25) is 5.02 Å². The molecule has 192 valence electrons. The second-order valence-corrected chi connectivity index (χ2v) is 10.6. The summed E-state index contributed by atoms with van der Waals surface area (Å²) in [5.41, 5.74) is 5.59. The van der Waals surface area contributed by atoms with Gasteiger partial charge in [0.2, 0.25) is 0 Å². The Hall–Kier alpha value is -4.41. The molecule has 0 unspecified atom stereocenters. The molecule has 0 aliphatic rings. The maximum absolute atomic E-state index is 12.8. The van der Waals surface area contributed by atoms with Gasteiger partial charge < -0.3 is 4.57 Å². The van der Waals surface area contributed by atoms with E-state index < -0.39 is 20.6 Å². The number of hydrogen-bond acceptors (Lipinski definition) is 6. The van der Waals surface area contributed by atoms with Gasteiger partial charge in [0.1, 0.15) is 5.69 Å². The minimum Gasteiger partial charge on any atom is -0.341 e. The normalized spacial score (nSPS) is 11.8. The predicted molar refractivity (Wildman–Crippen MR) is 152 cm³/mol. The van der Waals surface area contributed by atoms with Crippen LogP contribution >= 0.6 is 11.6 Å². The van der Waals surface area contributed by atoms with Crippen LogP contribution in [-0.4, -0.2) is 24.1 Å². The molecule has 0 aliphatic heterocycles. The van der Waals surface area contributed by atoms with Crippen LogP contribution in [0.1, 0.15) is 12.5 Å². The zero-order valence-electron chi connectivity index (χ0n) is 20.1. The summed E-state index contributed by atoms with van der Waals surface area (Å²) >= 11 is 5.92. The van der Waals surface area contributed by atoms with Crippen molar-refractivity contribution in [3.05, 3.63) is 106 Å². The lowest BCUT2D eigenvalue weighted by Gasteiger charge is -2.09. The third kappa shape index (κ3) is 4.91. The van der Waals surface area contributed by atoms with Crippen LogP contribution in [-0.2, 0) is 16.6 Å². The predicted octanol–water partition coefficient (Wildman–Crippen LogP) is 6.62. The summed E-state index contributed by atoms with van der Waals surface area (Å²) in [5, 5.41) is 18.5. The molecule has 5 aromatic rings. The molecule has 0 fully saturated rings. The number of anilines is 2. The van der Waals surface area contributed by atoms with Gasteiger partial charge in [-0.3, -0.25) is 20.3 Å². The molecule has 0 radical (unpaired) electrons. The lowest BCUT2D eigenvalue weighted by molar-refractivity contribution is -0.384. The first-order valence-electron chi connectivity index (χ1n) is 11.6. The lowest BCUT2D eigenvalue weighted by Crippen LogP contribution is -2.13. The van der Waals surface area contributed by atoms with Crippen molar-refractivity contribution in [3.63, 3.8) is 0 Å². The topological polar surface area (TPSA) is 119 Å². The summed E-state index contributed by atoms with van der Waals surface area (Å²) in [4.78, 5) is 10.8.